The molecule has 0 saturated heterocycles. The number of rotatable bonds is 7. The molecule has 1 unspecified atom stereocenters. The van der Waals surface area contributed by atoms with Crippen LogP contribution in [-0.4, -0.2) is 28.3 Å². The molecule has 1 rings (SSSR count). The zero-order valence-electron chi connectivity index (χ0n) is 13.4. The van der Waals surface area contributed by atoms with Crippen LogP contribution >= 0.6 is 11.8 Å². The maximum atomic E-state index is 10.0. The summed E-state index contributed by atoms with van der Waals surface area (Å²) < 4.78 is 0.260. The predicted octanol–water partition coefficient (Wildman–Crippen LogP) is 3.79. The van der Waals surface area contributed by atoms with Gasteiger partial charge < -0.3 is 10.4 Å². The van der Waals surface area contributed by atoms with Crippen molar-refractivity contribution in [1.82, 2.24) is 5.32 Å². The first kappa shape index (κ1) is 17.5. The van der Waals surface area contributed by atoms with Gasteiger partial charge in [0.1, 0.15) is 0 Å². The quantitative estimate of drug-likeness (QED) is 0.802. The minimum absolute atomic E-state index is 0.125. The number of aliphatic hydroxyl groups excluding tert-OH is 1. The van der Waals surface area contributed by atoms with Gasteiger partial charge in [0, 0.05) is 10.8 Å². The maximum Gasteiger partial charge on any atom is 0.0678 e. The second-order valence-corrected chi connectivity index (χ2v) is 8.54. The van der Waals surface area contributed by atoms with Gasteiger partial charge in [-0.1, -0.05) is 51.1 Å². The Labute approximate surface area is 128 Å². The summed E-state index contributed by atoms with van der Waals surface area (Å²) in [7, 11) is 0. The van der Waals surface area contributed by atoms with Gasteiger partial charge in [0.25, 0.3) is 0 Å². The first-order chi connectivity index (χ1) is 9.29. The smallest absolute Gasteiger partial charge is 0.0678 e. The number of thioether (sulfide) groups is 1. The largest absolute Gasteiger partial charge is 0.394 e. The van der Waals surface area contributed by atoms with E-state index in [1.54, 1.807) is 0 Å². The lowest BCUT2D eigenvalue weighted by Crippen LogP contribution is -2.49. The summed E-state index contributed by atoms with van der Waals surface area (Å²) in [4.78, 5) is 0. The van der Waals surface area contributed by atoms with E-state index in [1.807, 2.05) is 30.0 Å². The highest BCUT2D eigenvalue weighted by molar-refractivity contribution is 8.00. The Kier molecular flexibility index (Phi) is 6.56. The molecule has 3 heteroatoms. The molecule has 0 fully saturated rings. The number of hydrogen-bond donors (Lipinski definition) is 2. The van der Waals surface area contributed by atoms with Crippen LogP contribution in [0.5, 0.6) is 0 Å². The Morgan fingerprint density at radius 1 is 1.15 bits per heavy atom. The van der Waals surface area contributed by atoms with E-state index < -0.39 is 0 Å². The van der Waals surface area contributed by atoms with Crippen LogP contribution in [-0.2, 0) is 5.54 Å². The van der Waals surface area contributed by atoms with Crippen molar-refractivity contribution >= 4 is 11.8 Å². The van der Waals surface area contributed by atoms with Crippen LogP contribution in [0.2, 0.25) is 0 Å². The molecule has 0 radical (unpaired) electrons. The monoisotopic (exact) mass is 295 g/mol. The molecule has 0 heterocycles. The fourth-order valence-corrected chi connectivity index (χ4v) is 3.42. The van der Waals surface area contributed by atoms with Crippen molar-refractivity contribution in [2.24, 2.45) is 0 Å². The van der Waals surface area contributed by atoms with Crippen molar-refractivity contribution in [3.05, 3.63) is 35.9 Å². The molecule has 0 aliphatic heterocycles. The van der Waals surface area contributed by atoms with Crippen molar-refractivity contribution in [2.45, 2.75) is 57.4 Å². The van der Waals surface area contributed by atoms with Crippen LogP contribution in [0.4, 0.5) is 0 Å². The van der Waals surface area contributed by atoms with E-state index >= 15 is 0 Å². The van der Waals surface area contributed by atoms with Crippen molar-refractivity contribution < 1.29 is 5.11 Å². The summed E-state index contributed by atoms with van der Waals surface area (Å²) in [6.07, 6.45) is 0.924. The summed E-state index contributed by atoms with van der Waals surface area (Å²) in [5.41, 5.74) is 0.832. The zero-order chi connectivity index (χ0) is 15.2. The van der Waals surface area contributed by atoms with Crippen molar-refractivity contribution in [1.29, 1.82) is 0 Å². The van der Waals surface area contributed by atoms with Crippen molar-refractivity contribution in [2.75, 3.05) is 12.4 Å². The average molecular weight is 295 g/mol. The first-order valence-electron chi connectivity index (χ1n) is 7.37. The van der Waals surface area contributed by atoms with Crippen LogP contribution in [0.1, 0.15) is 46.6 Å². The molecule has 0 aromatic heterocycles. The molecule has 2 nitrogen and oxygen atoms in total. The molecule has 1 aromatic rings. The maximum absolute atomic E-state index is 10.0. The molecule has 0 aliphatic carbocycles. The van der Waals surface area contributed by atoms with E-state index in [4.69, 9.17) is 0 Å². The minimum atomic E-state index is -0.340. The van der Waals surface area contributed by atoms with Gasteiger partial charge in [-0.25, -0.2) is 0 Å². The number of hydrogen-bond acceptors (Lipinski definition) is 3. The van der Waals surface area contributed by atoms with E-state index in [0.717, 1.165) is 12.2 Å². The second kappa shape index (κ2) is 7.48. The van der Waals surface area contributed by atoms with Gasteiger partial charge in [-0.05, 0) is 31.6 Å². The highest BCUT2D eigenvalue weighted by Crippen LogP contribution is 2.31. The first-order valence-corrected chi connectivity index (χ1v) is 8.36. The molecule has 0 aliphatic rings. The molecule has 1 atom stereocenters. The Morgan fingerprint density at radius 3 is 2.20 bits per heavy atom. The fourth-order valence-electron chi connectivity index (χ4n) is 2.36. The van der Waals surface area contributed by atoms with Gasteiger partial charge in [0.15, 0.2) is 0 Å². The lowest BCUT2D eigenvalue weighted by molar-refractivity contribution is 0.147. The van der Waals surface area contributed by atoms with Crippen LogP contribution in [0.3, 0.4) is 0 Å². The number of benzene rings is 1. The van der Waals surface area contributed by atoms with Gasteiger partial charge in [-0.3, -0.25) is 0 Å². The highest BCUT2D eigenvalue weighted by Gasteiger charge is 2.32. The minimum Gasteiger partial charge on any atom is -0.394 e. The van der Waals surface area contributed by atoms with E-state index in [2.05, 4.69) is 52.1 Å². The fraction of sp³-hybridized carbons (Fsp3) is 0.647. The zero-order valence-corrected chi connectivity index (χ0v) is 14.3. The average Bonchev–Trinajstić information content (AvgIpc) is 2.36. The Bertz CT molecular complexity index is 386. The third-order valence-corrected chi connectivity index (χ3v) is 4.50. The normalized spacial score (nSPS) is 15.3. The number of aliphatic hydroxyl groups is 1. The molecule has 0 saturated carbocycles. The summed E-state index contributed by atoms with van der Waals surface area (Å²) >= 11 is 1.95. The summed E-state index contributed by atoms with van der Waals surface area (Å²) in [5, 5.41) is 13.6. The van der Waals surface area contributed by atoms with Crippen LogP contribution in [0, 0.1) is 0 Å². The Balaban J connectivity index is 2.89. The highest BCUT2D eigenvalue weighted by atomic mass is 32.2. The SMILES string of the molecule is CC(C)NC(CO)(CCSC(C)(C)C)c1ccccc1. The van der Waals surface area contributed by atoms with Gasteiger partial charge in [0.05, 0.1) is 12.1 Å². The summed E-state index contributed by atoms with van der Waals surface area (Å²) in [6, 6.07) is 10.6. The van der Waals surface area contributed by atoms with Gasteiger partial charge in [0.2, 0.25) is 0 Å². The molecule has 1 aromatic carbocycles. The van der Waals surface area contributed by atoms with E-state index in [0.29, 0.717) is 6.04 Å². The molecular formula is C17H29NOS. The van der Waals surface area contributed by atoms with Gasteiger partial charge in [-0.15, -0.1) is 0 Å². The van der Waals surface area contributed by atoms with Gasteiger partial charge >= 0.3 is 0 Å². The molecule has 2 N–H and O–H groups in total. The standard InChI is InChI=1S/C17H29NOS/c1-14(2)18-17(13-19,11-12-20-16(3,4)5)15-9-7-6-8-10-15/h6-10,14,18-19H,11-13H2,1-5H3. The lowest BCUT2D eigenvalue weighted by Gasteiger charge is -2.36. The van der Waals surface area contributed by atoms with E-state index in [9.17, 15) is 5.11 Å². The van der Waals surface area contributed by atoms with Crippen molar-refractivity contribution in [3.8, 4) is 0 Å². The lowest BCUT2D eigenvalue weighted by atomic mass is 9.87. The topological polar surface area (TPSA) is 32.3 Å². The third-order valence-electron chi connectivity index (χ3n) is 3.23. The molecule has 0 amide bonds. The van der Waals surface area contributed by atoms with Gasteiger partial charge in [-0.2, -0.15) is 11.8 Å². The van der Waals surface area contributed by atoms with Crippen LogP contribution < -0.4 is 5.32 Å². The molecule has 114 valence electrons. The summed E-state index contributed by atoms with van der Waals surface area (Å²) in [6.45, 7) is 11.1. The van der Waals surface area contributed by atoms with E-state index in [1.165, 1.54) is 5.56 Å². The molecule has 0 spiro atoms. The Morgan fingerprint density at radius 2 is 1.75 bits per heavy atom. The van der Waals surface area contributed by atoms with Crippen molar-refractivity contribution in [3.63, 3.8) is 0 Å². The third kappa shape index (κ3) is 5.47. The van der Waals surface area contributed by atoms with E-state index in [-0.39, 0.29) is 16.9 Å². The van der Waals surface area contributed by atoms with Crippen LogP contribution in [0.25, 0.3) is 0 Å². The summed E-state index contributed by atoms with van der Waals surface area (Å²) in [5.74, 6) is 1.03. The predicted molar refractivity (Wildman–Crippen MR) is 90.3 cm³/mol. The number of nitrogens with one attached hydrogen (secondary N) is 1. The molecule has 0 bridgehead atoms. The second-order valence-electron chi connectivity index (χ2n) is 6.62. The molecular weight excluding hydrogens is 266 g/mol. The van der Waals surface area contributed by atoms with Crippen LogP contribution in [0.15, 0.2) is 30.3 Å². The molecule has 20 heavy (non-hydrogen) atoms. The Hall–Kier alpha value is -0.510.